The Morgan fingerprint density at radius 3 is 2.65 bits per heavy atom. The first-order valence-electron chi connectivity index (χ1n) is 9.55. The van der Waals surface area contributed by atoms with E-state index in [0.29, 0.717) is 6.04 Å². The zero-order chi connectivity index (χ0) is 18.1. The maximum Gasteiger partial charge on any atom is 0.119 e. The molecule has 2 aromatic rings. The zero-order valence-corrected chi connectivity index (χ0v) is 16.0. The topological polar surface area (TPSA) is 39.5 Å². The molecule has 5 nitrogen and oxygen atoms in total. The minimum Gasteiger partial charge on any atom is -0.497 e. The summed E-state index contributed by atoms with van der Waals surface area (Å²) in [6.45, 7) is 5.41. The maximum absolute atomic E-state index is 5.86. The average Bonchev–Trinajstić information content (AvgIpc) is 3.25. The Hall–Kier alpha value is -1.85. The van der Waals surface area contributed by atoms with Crippen molar-refractivity contribution in [2.24, 2.45) is 11.8 Å². The lowest BCUT2D eigenvalue weighted by molar-refractivity contribution is -0.00488. The molecule has 0 bridgehead atoms. The molecule has 0 amide bonds. The van der Waals surface area contributed by atoms with Gasteiger partial charge < -0.3 is 9.47 Å². The van der Waals surface area contributed by atoms with Gasteiger partial charge in [-0.2, -0.15) is 5.10 Å². The van der Waals surface area contributed by atoms with Gasteiger partial charge in [-0.15, -0.1) is 0 Å². The third kappa shape index (κ3) is 3.51. The minimum absolute atomic E-state index is 0.257. The van der Waals surface area contributed by atoms with Crippen molar-refractivity contribution < 1.29 is 9.47 Å². The van der Waals surface area contributed by atoms with Crippen LogP contribution >= 0.6 is 0 Å². The van der Waals surface area contributed by atoms with E-state index in [1.807, 2.05) is 19.4 Å². The van der Waals surface area contributed by atoms with Gasteiger partial charge in [-0.05, 0) is 54.9 Å². The third-order valence-electron chi connectivity index (χ3n) is 6.07. The number of rotatable bonds is 5. The van der Waals surface area contributed by atoms with Crippen LogP contribution in [0, 0.1) is 18.8 Å². The number of aromatic nitrogens is 2. The van der Waals surface area contributed by atoms with Crippen LogP contribution in [0.25, 0.3) is 0 Å². The molecule has 1 aliphatic carbocycles. The second-order valence-electron chi connectivity index (χ2n) is 7.88. The first kappa shape index (κ1) is 17.6. The Morgan fingerprint density at radius 2 is 1.96 bits per heavy atom. The van der Waals surface area contributed by atoms with Gasteiger partial charge in [0.15, 0.2) is 0 Å². The number of ether oxygens (including phenoxy) is 2. The molecule has 4 rings (SSSR count). The molecule has 26 heavy (non-hydrogen) atoms. The molecule has 0 radical (unpaired) electrons. The van der Waals surface area contributed by atoms with Crippen molar-refractivity contribution >= 4 is 0 Å². The van der Waals surface area contributed by atoms with Gasteiger partial charge in [0.25, 0.3) is 0 Å². The summed E-state index contributed by atoms with van der Waals surface area (Å²) in [5, 5.41) is 4.57. The summed E-state index contributed by atoms with van der Waals surface area (Å²) in [4.78, 5) is 2.59. The van der Waals surface area contributed by atoms with Crippen LogP contribution in [0.5, 0.6) is 5.75 Å². The van der Waals surface area contributed by atoms with E-state index < -0.39 is 0 Å². The van der Waals surface area contributed by atoms with Crippen LogP contribution in [0.2, 0.25) is 0 Å². The average molecular weight is 355 g/mol. The van der Waals surface area contributed by atoms with E-state index in [0.717, 1.165) is 50.1 Å². The minimum atomic E-state index is 0.257. The fourth-order valence-electron chi connectivity index (χ4n) is 4.79. The molecule has 1 saturated carbocycles. The van der Waals surface area contributed by atoms with E-state index in [9.17, 15) is 0 Å². The van der Waals surface area contributed by atoms with Crippen molar-refractivity contribution in [3.05, 3.63) is 47.8 Å². The second kappa shape index (κ2) is 7.41. The molecule has 0 unspecified atom stereocenters. The van der Waals surface area contributed by atoms with Gasteiger partial charge in [0.2, 0.25) is 0 Å². The number of nitrogens with zero attached hydrogens (tertiary/aromatic N) is 3. The summed E-state index contributed by atoms with van der Waals surface area (Å²) in [7, 11) is 3.57. The van der Waals surface area contributed by atoms with Gasteiger partial charge in [0.05, 0.1) is 25.5 Å². The van der Waals surface area contributed by atoms with Gasteiger partial charge in [0.1, 0.15) is 5.75 Å². The highest BCUT2D eigenvalue weighted by molar-refractivity contribution is 5.28. The van der Waals surface area contributed by atoms with Crippen LogP contribution < -0.4 is 4.74 Å². The molecule has 1 aromatic heterocycles. The van der Waals surface area contributed by atoms with Crippen LogP contribution in [0.3, 0.4) is 0 Å². The van der Waals surface area contributed by atoms with Crippen molar-refractivity contribution in [2.75, 3.05) is 27.3 Å². The lowest BCUT2D eigenvalue weighted by atomic mass is 9.77. The highest BCUT2D eigenvalue weighted by atomic mass is 16.5. The molecular formula is C21H29N3O2. The van der Waals surface area contributed by atoms with Gasteiger partial charge in [0, 0.05) is 32.9 Å². The van der Waals surface area contributed by atoms with E-state index in [-0.39, 0.29) is 6.10 Å². The van der Waals surface area contributed by atoms with Gasteiger partial charge >= 0.3 is 0 Å². The standard InChI is InChI=1S/C21H29N3O2/c1-15-10-22-24(11-15)20-8-17-13-23(14-18(17)9-21(20)26-3)12-16-5-4-6-19(7-16)25-2/h4-7,10-11,17-18,20-21H,8-9,12-14H2,1-3H3/t17-,18+,20-,21-/m0/s1. The van der Waals surface area contributed by atoms with Crippen molar-refractivity contribution in [3.63, 3.8) is 0 Å². The van der Waals surface area contributed by atoms with E-state index >= 15 is 0 Å². The predicted octanol–water partition coefficient (Wildman–Crippen LogP) is 3.30. The molecule has 2 heterocycles. The van der Waals surface area contributed by atoms with Gasteiger partial charge in [-0.3, -0.25) is 9.58 Å². The van der Waals surface area contributed by atoms with E-state index in [1.165, 1.54) is 11.1 Å². The van der Waals surface area contributed by atoms with Crippen molar-refractivity contribution in [1.29, 1.82) is 0 Å². The van der Waals surface area contributed by atoms with Gasteiger partial charge in [-0.25, -0.2) is 0 Å². The molecule has 5 heteroatoms. The lowest BCUT2D eigenvalue weighted by Gasteiger charge is -2.37. The molecule has 1 aromatic carbocycles. The molecule has 1 saturated heterocycles. The fraction of sp³-hybridized carbons (Fsp3) is 0.571. The number of hydrogen-bond acceptors (Lipinski definition) is 4. The Labute approximate surface area is 155 Å². The summed E-state index contributed by atoms with van der Waals surface area (Å²) >= 11 is 0. The first-order valence-corrected chi connectivity index (χ1v) is 9.55. The predicted molar refractivity (Wildman–Crippen MR) is 101 cm³/mol. The van der Waals surface area contributed by atoms with Crippen LogP contribution in [-0.4, -0.2) is 48.1 Å². The zero-order valence-electron chi connectivity index (χ0n) is 16.0. The van der Waals surface area contributed by atoms with Crippen LogP contribution in [0.1, 0.15) is 30.0 Å². The first-order chi connectivity index (χ1) is 12.7. The molecule has 0 N–H and O–H groups in total. The maximum atomic E-state index is 5.86. The molecule has 1 aliphatic heterocycles. The van der Waals surface area contributed by atoms with E-state index in [1.54, 1.807) is 7.11 Å². The Morgan fingerprint density at radius 1 is 1.15 bits per heavy atom. The largest absolute Gasteiger partial charge is 0.497 e. The Bertz CT molecular complexity index is 744. The summed E-state index contributed by atoms with van der Waals surface area (Å²) in [5.74, 6) is 2.38. The highest BCUT2D eigenvalue weighted by Gasteiger charge is 2.43. The van der Waals surface area contributed by atoms with Gasteiger partial charge in [-0.1, -0.05) is 12.1 Å². The summed E-state index contributed by atoms with van der Waals surface area (Å²) in [5.41, 5.74) is 2.54. The lowest BCUT2D eigenvalue weighted by Crippen LogP contribution is -2.37. The number of hydrogen-bond donors (Lipinski definition) is 0. The highest BCUT2D eigenvalue weighted by Crippen LogP contribution is 2.42. The SMILES string of the molecule is COc1cccc(CN2C[C@H]3C[C@H](OC)[C@@H](n4cc(C)cn4)C[C@H]3C2)c1. The number of benzene rings is 1. The second-order valence-corrected chi connectivity index (χ2v) is 7.88. The summed E-state index contributed by atoms with van der Waals surface area (Å²) in [6.07, 6.45) is 6.63. The molecule has 0 spiro atoms. The summed E-state index contributed by atoms with van der Waals surface area (Å²) < 4.78 is 13.4. The smallest absolute Gasteiger partial charge is 0.119 e. The monoisotopic (exact) mass is 355 g/mol. The molecule has 2 aliphatic rings. The van der Waals surface area contributed by atoms with Crippen molar-refractivity contribution in [2.45, 2.75) is 38.5 Å². The Kier molecular flexibility index (Phi) is 5.00. The fourth-order valence-corrected chi connectivity index (χ4v) is 4.79. The number of aryl methyl sites for hydroxylation is 1. The third-order valence-corrected chi connectivity index (χ3v) is 6.07. The molecular weight excluding hydrogens is 326 g/mol. The van der Waals surface area contributed by atoms with E-state index in [4.69, 9.17) is 9.47 Å². The van der Waals surface area contributed by atoms with Crippen molar-refractivity contribution in [3.8, 4) is 5.75 Å². The molecule has 4 atom stereocenters. The molecule has 140 valence electrons. The van der Waals surface area contributed by atoms with Crippen LogP contribution in [0.15, 0.2) is 36.7 Å². The quantitative estimate of drug-likeness (QED) is 0.825. The number of methoxy groups -OCH3 is 2. The number of fused-ring (bicyclic) bond motifs is 1. The summed E-state index contributed by atoms with van der Waals surface area (Å²) in [6, 6.07) is 8.78. The van der Waals surface area contributed by atoms with Crippen LogP contribution in [0.4, 0.5) is 0 Å². The van der Waals surface area contributed by atoms with Crippen molar-refractivity contribution in [1.82, 2.24) is 14.7 Å². The van der Waals surface area contributed by atoms with Crippen LogP contribution in [-0.2, 0) is 11.3 Å². The normalized spacial score (nSPS) is 28.9. The van der Waals surface area contributed by atoms with E-state index in [2.05, 4.69) is 46.0 Å². The Balaban J connectivity index is 1.44. The molecule has 2 fully saturated rings. The number of likely N-dealkylation sites (tertiary alicyclic amines) is 1.